The van der Waals surface area contributed by atoms with E-state index in [-0.39, 0.29) is 5.56 Å². The molecule has 92 valence electrons. The van der Waals surface area contributed by atoms with Crippen LogP contribution in [0, 0.1) is 11.6 Å². The molecule has 1 aromatic carbocycles. The standard InChI is InChI=1S/C13H10F2N2O/c14-9-4-3-8(5-10(9)15)11-6-12(18)17-13(16-11)7-1-2-7/h3-7H,1-2H2,(H,16,17,18). The third-order valence-electron chi connectivity index (χ3n) is 2.94. The Kier molecular flexibility index (Phi) is 2.47. The van der Waals surface area contributed by atoms with E-state index in [1.54, 1.807) is 0 Å². The lowest BCUT2D eigenvalue weighted by Gasteiger charge is -2.04. The largest absolute Gasteiger partial charge is 0.310 e. The van der Waals surface area contributed by atoms with Gasteiger partial charge in [0.15, 0.2) is 11.6 Å². The van der Waals surface area contributed by atoms with Crippen LogP contribution in [0.3, 0.4) is 0 Å². The van der Waals surface area contributed by atoms with Gasteiger partial charge in [-0.3, -0.25) is 4.79 Å². The lowest BCUT2D eigenvalue weighted by molar-refractivity contribution is 0.509. The Morgan fingerprint density at radius 2 is 1.94 bits per heavy atom. The van der Waals surface area contributed by atoms with Gasteiger partial charge in [-0.15, -0.1) is 0 Å². The van der Waals surface area contributed by atoms with Crippen molar-refractivity contribution in [2.75, 3.05) is 0 Å². The molecule has 0 saturated heterocycles. The second kappa shape index (κ2) is 4.01. The van der Waals surface area contributed by atoms with Gasteiger partial charge in [0, 0.05) is 17.5 Å². The summed E-state index contributed by atoms with van der Waals surface area (Å²) >= 11 is 0. The first-order chi connectivity index (χ1) is 8.63. The summed E-state index contributed by atoms with van der Waals surface area (Å²) in [6, 6.07) is 4.79. The van der Waals surface area contributed by atoms with Crippen molar-refractivity contribution < 1.29 is 8.78 Å². The first-order valence-corrected chi connectivity index (χ1v) is 5.70. The molecule has 1 aliphatic carbocycles. The number of benzene rings is 1. The predicted octanol–water partition coefficient (Wildman–Crippen LogP) is 2.59. The molecule has 18 heavy (non-hydrogen) atoms. The molecule has 3 nitrogen and oxygen atoms in total. The minimum absolute atomic E-state index is 0.272. The average Bonchev–Trinajstić information content (AvgIpc) is 3.16. The molecule has 1 fully saturated rings. The molecule has 0 atom stereocenters. The number of aromatic nitrogens is 2. The molecule has 0 unspecified atom stereocenters. The van der Waals surface area contributed by atoms with Crippen LogP contribution in [0.25, 0.3) is 11.3 Å². The molecule has 1 saturated carbocycles. The molecule has 1 N–H and O–H groups in total. The monoisotopic (exact) mass is 248 g/mol. The predicted molar refractivity (Wildman–Crippen MR) is 62.2 cm³/mol. The highest BCUT2D eigenvalue weighted by atomic mass is 19.2. The van der Waals surface area contributed by atoms with Crippen molar-refractivity contribution in [1.29, 1.82) is 0 Å². The number of rotatable bonds is 2. The topological polar surface area (TPSA) is 45.8 Å². The number of hydrogen-bond acceptors (Lipinski definition) is 2. The van der Waals surface area contributed by atoms with E-state index in [2.05, 4.69) is 9.97 Å². The average molecular weight is 248 g/mol. The van der Waals surface area contributed by atoms with Crippen LogP contribution in [-0.4, -0.2) is 9.97 Å². The molecule has 1 aliphatic rings. The Bertz CT molecular complexity index is 662. The van der Waals surface area contributed by atoms with Crippen LogP contribution in [-0.2, 0) is 0 Å². The zero-order chi connectivity index (χ0) is 12.7. The molecular formula is C13H10F2N2O. The normalized spacial score (nSPS) is 14.8. The summed E-state index contributed by atoms with van der Waals surface area (Å²) < 4.78 is 26.0. The quantitative estimate of drug-likeness (QED) is 0.887. The fourth-order valence-electron chi connectivity index (χ4n) is 1.83. The van der Waals surface area contributed by atoms with Gasteiger partial charge in [-0.1, -0.05) is 0 Å². The van der Waals surface area contributed by atoms with Crippen LogP contribution in [0.15, 0.2) is 29.1 Å². The molecule has 3 rings (SSSR count). The molecule has 0 bridgehead atoms. The summed E-state index contributed by atoms with van der Waals surface area (Å²) in [7, 11) is 0. The Morgan fingerprint density at radius 1 is 1.17 bits per heavy atom. The molecule has 1 aromatic heterocycles. The van der Waals surface area contributed by atoms with Gasteiger partial charge >= 0.3 is 0 Å². The molecule has 0 amide bonds. The van der Waals surface area contributed by atoms with E-state index in [4.69, 9.17) is 0 Å². The summed E-state index contributed by atoms with van der Waals surface area (Å²) in [5.74, 6) is -0.932. The number of nitrogens with zero attached hydrogens (tertiary/aromatic N) is 1. The number of halogens is 2. The molecule has 5 heteroatoms. The van der Waals surface area contributed by atoms with E-state index in [1.165, 1.54) is 12.1 Å². The second-order valence-electron chi connectivity index (χ2n) is 4.42. The van der Waals surface area contributed by atoms with Crippen LogP contribution in [0.5, 0.6) is 0 Å². The Morgan fingerprint density at radius 3 is 2.61 bits per heavy atom. The molecule has 0 radical (unpaired) electrons. The lowest BCUT2D eigenvalue weighted by Crippen LogP contribution is -2.10. The maximum absolute atomic E-state index is 13.1. The molecule has 2 aromatic rings. The van der Waals surface area contributed by atoms with Gasteiger partial charge in [-0.05, 0) is 31.0 Å². The zero-order valence-electron chi connectivity index (χ0n) is 9.41. The maximum atomic E-state index is 13.1. The molecule has 0 spiro atoms. The highest BCUT2D eigenvalue weighted by Gasteiger charge is 2.26. The van der Waals surface area contributed by atoms with Gasteiger partial charge in [0.25, 0.3) is 5.56 Å². The van der Waals surface area contributed by atoms with E-state index in [1.807, 2.05) is 0 Å². The number of nitrogens with one attached hydrogen (secondary N) is 1. The van der Waals surface area contributed by atoms with Crippen molar-refractivity contribution in [3.8, 4) is 11.3 Å². The second-order valence-corrected chi connectivity index (χ2v) is 4.42. The number of hydrogen-bond donors (Lipinski definition) is 1. The SMILES string of the molecule is O=c1cc(-c2ccc(F)c(F)c2)nc(C2CC2)[nH]1. The summed E-state index contributed by atoms with van der Waals surface area (Å²) in [5.41, 5.74) is 0.507. The summed E-state index contributed by atoms with van der Waals surface area (Å²) in [6.07, 6.45) is 2.01. The number of H-pyrrole nitrogens is 1. The molecular weight excluding hydrogens is 238 g/mol. The lowest BCUT2D eigenvalue weighted by atomic mass is 10.1. The van der Waals surface area contributed by atoms with E-state index in [0.717, 1.165) is 25.0 Å². The van der Waals surface area contributed by atoms with E-state index < -0.39 is 11.6 Å². The van der Waals surface area contributed by atoms with Crippen LogP contribution >= 0.6 is 0 Å². The Balaban J connectivity index is 2.09. The van der Waals surface area contributed by atoms with Gasteiger partial charge in [-0.25, -0.2) is 13.8 Å². The first kappa shape index (κ1) is 11.1. The minimum Gasteiger partial charge on any atom is -0.310 e. The zero-order valence-corrected chi connectivity index (χ0v) is 9.41. The molecule has 1 heterocycles. The third-order valence-corrected chi connectivity index (χ3v) is 2.94. The van der Waals surface area contributed by atoms with E-state index in [9.17, 15) is 13.6 Å². The van der Waals surface area contributed by atoms with Crippen LogP contribution < -0.4 is 5.56 Å². The molecule has 0 aliphatic heterocycles. The van der Waals surface area contributed by atoms with Crippen LogP contribution in [0.4, 0.5) is 8.78 Å². The van der Waals surface area contributed by atoms with E-state index in [0.29, 0.717) is 23.0 Å². The van der Waals surface area contributed by atoms with Gasteiger partial charge in [0.05, 0.1) is 5.69 Å². The fraction of sp³-hybridized carbons (Fsp3) is 0.231. The first-order valence-electron chi connectivity index (χ1n) is 5.70. The Labute approximate surface area is 102 Å². The maximum Gasteiger partial charge on any atom is 0.251 e. The van der Waals surface area contributed by atoms with Crippen molar-refractivity contribution in [1.82, 2.24) is 9.97 Å². The Hall–Kier alpha value is -2.04. The van der Waals surface area contributed by atoms with Crippen molar-refractivity contribution in [3.63, 3.8) is 0 Å². The summed E-state index contributed by atoms with van der Waals surface area (Å²) in [6.45, 7) is 0. The third kappa shape index (κ3) is 2.03. The van der Waals surface area contributed by atoms with Crippen molar-refractivity contribution in [2.45, 2.75) is 18.8 Å². The highest BCUT2D eigenvalue weighted by Crippen LogP contribution is 2.38. The van der Waals surface area contributed by atoms with Crippen molar-refractivity contribution >= 4 is 0 Å². The smallest absolute Gasteiger partial charge is 0.251 e. The van der Waals surface area contributed by atoms with Gasteiger partial charge in [-0.2, -0.15) is 0 Å². The summed E-state index contributed by atoms with van der Waals surface area (Å²) in [4.78, 5) is 18.5. The van der Waals surface area contributed by atoms with Crippen molar-refractivity contribution in [2.24, 2.45) is 0 Å². The van der Waals surface area contributed by atoms with Gasteiger partial charge in [0.2, 0.25) is 0 Å². The fourth-order valence-corrected chi connectivity index (χ4v) is 1.83. The minimum atomic E-state index is -0.942. The van der Waals surface area contributed by atoms with Crippen LogP contribution in [0.1, 0.15) is 24.6 Å². The van der Waals surface area contributed by atoms with Gasteiger partial charge in [0.1, 0.15) is 5.82 Å². The highest BCUT2D eigenvalue weighted by molar-refractivity contribution is 5.58. The van der Waals surface area contributed by atoms with Gasteiger partial charge < -0.3 is 4.98 Å². The van der Waals surface area contributed by atoms with E-state index >= 15 is 0 Å². The van der Waals surface area contributed by atoms with Crippen LogP contribution in [0.2, 0.25) is 0 Å². The number of aromatic amines is 1. The van der Waals surface area contributed by atoms with Crippen molar-refractivity contribution in [3.05, 3.63) is 52.1 Å². The summed E-state index contributed by atoms with van der Waals surface area (Å²) in [5, 5.41) is 0.